The fourth-order valence-electron chi connectivity index (χ4n) is 2.02. The zero-order valence-electron chi connectivity index (χ0n) is 12.4. The predicted octanol–water partition coefficient (Wildman–Crippen LogP) is 5.21. The van der Waals surface area contributed by atoms with E-state index in [9.17, 15) is 30.7 Å². The Morgan fingerprint density at radius 1 is 1.08 bits per heavy atom. The fourth-order valence-corrected chi connectivity index (χ4v) is 2.83. The van der Waals surface area contributed by atoms with Crippen molar-refractivity contribution < 1.29 is 30.7 Å². The molecule has 2 rings (SSSR count). The second-order valence-corrected chi connectivity index (χ2v) is 6.05. The number of hydrogen-bond acceptors (Lipinski definition) is 2. The highest BCUT2D eigenvalue weighted by atomic mass is 32.2. The maximum absolute atomic E-state index is 14.1. The van der Waals surface area contributed by atoms with Crippen molar-refractivity contribution >= 4 is 11.8 Å². The van der Waals surface area contributed by atoms with E-state index >= 15 is 0 Å². The highest BCUT2D eigenvalue weighted by molar-refractivity contribution is 7.99. The lowest BCUT2D eigenvalue weighted by molar-refractivity contribution is -0.141. The van der Waals surface area contributed by atoms with Gasteiger partial charge < -0.3 is 0 Å². The third-order valence-corrected chi connectivity index (χ3v) is 4.32. The molecule has 0 aliphatic carbocycles. The summed E-state index contributed by atoms with van der Waals surface area (Å²) in [4.78, 5) is 0.137. The Bertz CT molecular complexity index is 747. The molecule has 0 unspecified atom stereocenters. The van der Waals surface area contributed by atoms with Crippen molar-refractivity contribution in [2.75, 3.05) is 5.75 Å². The average Bonchev–Trinajstić information content (AvgIpc) is 2.79. The minimum absolute atomic E-state index is 0.137. The number of nitrogens with zero attached hydrogens (tertiary/aromatic N) is 2. The maximum atomic E-state index is 14.1. The second-order valence-electron chi connectivity index (χ2n) is 5.04. The minimum Gasteiger partial charge on any atom is -0.267 e. The molecule has 1 aromatic heterocycles. The van der Waals surface area contributed by atoms with Crippen molar-refractivity contribution in [1.82, 2.24) is 9.78 Å². The van der Waals surface area contributed by atoms with Crippen molar-refractivity contribution in [3.8, 4) is 11.3 Å². The third-order valence-electron chi connectivity index (χ3n) is 3.10. The van der Waals surface area contributed by atoms with E-state index < -0.39 is 29.6 Å². The number of aryl methyl sites for hydroxylation is 2. The first-order valence-corrected chi connectivity index (χ1v) is 7.48. The second kappa shape index (κ2) is 6.30. The summed E-state index contributed by atoms with van der Waals surface area (Å²) in [5.74, 6) is -2.02. The van der Waals surface area contributed by atoms with Crippen LogP contribution in [0.15, 0.2) is 23.1 Å². The highest BCUT2D eigenvalue weighted by Gasteiger charge is 2.35. The van der Waals surface area contributed by atoms with Gasteiger partial charge in [0.2, 0.25) is 0 Å². The molecule has 0 saturated heterocycles. The smallest absolute Gasteiger partial charge is 0.267 e. The Balaban J connectivity index is 2.46. The van der Waals surface area contributed by atoms with Crippen LogP contribution >= 0.6 is 11.8 Å². The van der Waals surface area contributed by atoms with Gasteiger partial charge in [0.15, 0.2) is 5.69 Å². The van der Waals surface area contributed by atoms with Crippen molar-refractivity contribution in [2.45, 2.75) is 24.2 Å². The van der Waals surface area contributed by atoms with Gasteiger partial charge in [-0.2, -0.15) is 31.4 Å². The lowest BCUT2D eigenvalue weighted by Crippen LogP contribution is -2.10. The summed E-state index contributed by atoms with van der Waals surface area (Å²) in [7, 11) is 1.20. The molecule has 2 aromatic rings. The molecule has 132 valence electrons. The molecule has 0 amide bonds. The molecule has 0 fully saturated rings. The molecule has 0 N–H and O–H groups in total. The van der Waals surface area contributed by atoms with Gasteiger partial charge in [-0.3, -0.25) is 4.68 Å². The summed E-state index contributed by atoms with van der Waals surface area (Å²) in [6, 6.07) is 2.76. The number of rotatable bonds is 3. The summed E-state index contributed by atoms with van der Waals surface area (Å²) >= 11 is 0.446. The van der Waals surface area contributed by atoms with Crippen molar-refractivity contribution in [1.29, 1.82) is 0 Å². The summed E-state index contributed by atoms with van der Waals surface area (Å²) in [6.45, 7) is 1.43. The van der Waals surface area contributed by atoms with Gasteiger partial charge in [0.1, 0.15) is 5.82 Å². The van der Waals surface area contributed by atoms with Gasteiger partial charge in [-0.1, -0.05) is 0 Å². The van der Waals surface area contributed by atoms with Crippen LogP contribution in [0.5, 0.6) is 0 Å². The largest absolute Gasteiger partial charge is 0.435 e. The molecule has 0 spiro atoms. The molecule has 0 aliphatic heterocycles. The number of hydrogen-bond donors (Lipinski definition) is 0. The van der Waals surface area contributed by atoms with E-state index in [1.807, 2.05) is 0 Å². The molecule has 0 atom stereocenters. The van der Waals surface area contributed by atoms with Crippen LogP contribution in [0.1, 0.15) is 11.3 Å². The molecule has 1 heterocycles. The molecule has 0 saturated carbocycles. The number of halogens is 7. The van der Waals surface area contributed by atoms with Gasteiger partial charge in [0.25, 0.3) is 0 Å². The molecule has 10 heteroatoms. The summed E-state index contributed by atoms with van der Waals surface area (Å²) in [5.41, 5.74) is -1.35. The van der Waals surface area contributed by atoms with Crippen LogP contribution in [0.2, 0.25) is 0 Å². The molecular weight excluding hydrogens is 361 g/mol. The number of benzene rings is 1. The fraction of sp³-hybridized carbons (Fsp3) is 0.357. The minimum atomic E-state index is -4.70. The van der Waals surface area contributed by atoms with Crippen LogP contribution in [0, 0.1) is 12.7 Å². The summed E-state index contributed by atoms with van der Waals surface area (Å²) < 4.78 is 90.1. The summed E-state index contributed by atoms with van der Waals surface area (Å²) in [6.07, 6.45) is -9.12. The zero-order chi connectivity index (χ0) is 18.3. The van der Waals surface area contributed by atoms with E-state index in [1.165, 1.54) is 14.0 Å². The Morgan fingerprint density at radius 2 is 1.71 bits per heavy atom. The lowest BCUT2D eigenvalue weighted by atomic mass is 10.1. The average molecular weight is 372 g/mol. The molecule has 24 heavy (non-hydrogen) atoms. The van der Waals surface area contributed by atoms with Crippen LogP contribution in [0.25, 0.3) is 11.3 Å². The van der Waals surface area contributed by atoms with Crippen molar-refractivity contribution in [3.63, 3.8) is 0 Å². The number of thioether (sulfide) groups is 1. The van der Waals surface area contributed by atoms with E-state index in [2.05, 4.69) is 5.10 Å². The normalized spacial score (nSPS) is 12.7. The first-order valence-electron chi connectivity index (χ1n) is 6.50. The molecule has 0 radical (unpaired) electrons. The SMILES string of the molecule is Cc1cc(F)c(-c2cc(C(F)(F)F)nn2C)cc1SCC(F)(F)F. The molecular formula is C14H11F7N2S. The van der Waals surface area contributed by atoms with Gasteiger partial charge in [-0.15, -0.1) is 11.8 Å². The standard InChI is InChI=1S/C14H11F7N2S/c1-7-3-9(15)8(4-11(7)24-6-13(16,17)18)10-5-12(14(19,20)21)22-23(10)2/h3-5H,6H2,1-2H3. The third kappa shape index (κ3) is 4.22. The maximum Gasteiger partial charge on any atom is 0.435 e. The van der Waals surface area contributed by atoms with Gasteiger partial charge in [0.05, 0.1) is 11.4 Å². The van der Waals surface area contributed by atoms with E-state index in [0.717, 1.165) is 16.8 Å². The van der Waals surface area contributed by atoms with Gasteiger partial charge in [0, 0.05) is 17.5 Å². The van der Waals surface area contributed by atoms with Crippen LogP contribution in [0.4, 0.5) is 30.7 Å². The molecule has 2 nitrogen and oxygen atoms in total. The van der Waals surface area contributed by atoms with Crippen molar-refractivity contribution in [2.24, 2.45) is 7.05 Å². The number of aromatic nitrogens is 2. The van der Waals surface area contributed by atoms with E-state index in [0.29, 0.717) is 17.8 Å². The molecule has 0 bridgehead atoms. The first-order chi connectivity index (χ1) is 10.9. The van der Waals surface area contributed by atoms with Crippen molar-refractivity contribution in [3.05, 3.63) is 35.3 Å². The van der Waals surface area contributed by atoms with Crippen LogP contribution in [-0.2, 0) is 13.2 Å². The Kier molecular flexibility index (Phi) is 4.89. The highest BCUT2D eigenvalue weighted by Crippen LogP contribution is 2.36. The topological polar surface area (TPSA) is 17.8 Å². The summed E-state index contributed by atoms with van der Waals surface area (Å²) in [5, 5.41) is 3.27. The Hall–Kier alpha value is -1.71. The first kappa shape index (κ1) is 18.6. The van der Waals surface area contributed by atoms with E-state index in [1.54, 1.807) is 0 Å². The zero-order valence-corrected chi connectivity index (χ0v) is 13.2. The molecule has 1 aromatic carbocycles. The molecule has 0 aliphatic rings. The van der Waals surface area contributed by atoms with E-state index in [-0.39, 0.29) is 21.7 Å². The predicted molar refractivity (Wildman–Crippen MR) is 75.1 cm³/mol. The van der Waals surface area contributed by atoms with E-state index in [4.69, 9.17) is 0 Å². The number of alkyl halides is 6. The monoisotopic (exact) mass is 372 g/mol. The van der Waals surface area contributed by atoms with Crippen LogP contribution in [0.3, 0.4) is 0 Å². The van der Waals surface area contributed by atoms with Gasteiger partial charge >= 0.3 is 12.4 Å². The Labute approximate surface area is 136 Å². The lowest BCUT2D eigenvalue weighted by Gasteiger charge is -2.11. The Morgan fingerprint density at radius 3 is 2.21 bits per heavy atom. The quantitative estimate of drug-likeness (QED) is 0.544. The van der Waals surface area contributed by atoms with Crippen LogP contribution < -0.4 is 0 Å². The van der Waals surface area contributed by atoms with Gasteiger partial charge in [-0.25, -0.2) is 4.39 Å². The van der Waals surface area contributed by atoms with Crippen LogP contribution in [-0.4, -0.2) is 21.7 Å². The van der Waals surface area contributed by atoms with Gasteiger partial charge in [-0.05, 0) is 30.7 Å².